The molecule has 19 heavy (non-hydrogen) atoms. The number of H-pyrrole nitrogens is 1. The minimum Gasteiger partial charge on any atom is -0.352 e. The molecule has 0 fully saturated rings. The Morgan fingerprint density at radius 3 is 3.00 bits per heavy atom. The molecule has 100 valence electrons. The van der Waals surface area contributed by atoms with E-state index in [1.165, 1.54) is 24.5 Å². The van der Waals surface area contributed by atoms with Gasteiger partial charge in [0.2, 0.25) is 0 Å². The highest BCUT2D eigenvalue weighted by atomic mass is 19.1. The molecule has 2 aromatic rings. The van der Waals surface area contributed by atoms with E-state index >= 15 is 0 Å². The lowest BCUT2D eigenvalue weighted by molar-refractivity contribution is 0.0952. The summed E-state index contributed by atoms with van der Waals surface area (Å²) in [6, 6.07) is 4.14. The molecule has 0 radical (unpaired) electrons. The number of aryl methyl sites for hydroxylation is 2. The Morgan fingerprint density at radius 1 is 1.47 bits per heavy atom. The fourth-order valence-electron chi connectivity index (χ4n) is 1.79. The molecule has 0 spiro atoms. The van der Waals surface area contributed by atoms with Crippen LogP contribution in [0.5, 0.6) is 0 Å². The maximum atomic E-state index is 12.9. The van der Waals surface area contributed by atoms with Crippen LogP contribution in [0.4, 0.5) is 4.39 Å². The fourth-order valence-corrected chi connectivity index (χ4v) is 1.79. The van der Waals surface area contributed by atoms with Gasteiger partial charge in [-0.2, -0.15) is 5.10 Å². The van der Waals surface area contributed by atoms with Crippen LogP contribution in [-0.4, -0.2) is 27.6 Å². The molecule has 0 aliphatic carbocycles. The van der Waals surface area contributed by atoms with Crippen molar-refractivity contribution in [3.05, 3.63) is 47.3 Å². The van der Waals surface area contributed by atoms with Crippen LogP contribution in [0.3, 0.4) is 0 Å². The van der Waals surface area contributed by atoms with Gasteiger partial charge in [0.25, 0.3) is 5.91 Å². The molecule has 6 heteroatoms. The van der Waals surface area contributed by atoms with Crippen LogP contribution in [0.1, 0.15) is 28.2 Å². The number of aromatic nitrogens is 3. The molecule has 1 aromatic carbocycles. The molecule has 1 aromatic heterocycles. The van der Waals surface area contributed by atoms with Crippen molar-refractivity contribution in [1.82, 2.24) is 20.5 Å². The van der Waals surface area contributed by atoms with E-state index < -0.39 is 0 Å². The van der Waals surface area contributed by atoms with Crippen molar-refractivity contribution in [3.63, 3.8) is 0 Å². The second kappa shape index (κ2) is 6.08. The average Bonchev–Trinajstić information content (AvgIpc) is 2.87. The van der Waals surface area contributed by atoms with E-state index in [0.29, 0.717) is 17.7 Å². The van der Waals surface area contributed by atoms with Gasteiger partial charge >= 0.3 is 0 Å². The van der Waals surface area contributed by atoms with Crippen LogP contribution in [0.25, 0.3) is 0 Å². The lowest BCUT2D eigenvalue weighted by Crippen LogP contribution is -2.25. The highest BCUT2D eigenvalue weighted by Crippen LogP contribution is 2.09. The van der Waals surface area contributed by atoms with Crippen LogP contribution >= 0.6 is 0 Å². The number of rotatable bonds is 5. The summed E-state index contributed by atoms with van der Waals surface area (Å²) in [5.74, 6) is 0.279. The summed E-state index contributed by atoms with van der Waals surface area (Å²) in [5.41, 5.74) is 1.13. The first kappa shape index (κ1) is 13.2. The molecule has 2 rings (SSSR count). The highest BCUT2D eigenvalue weighted by Gasteiger charge is 2.08. The molecule has 1 amide bonds. The number of carbonyl (C=O) groups is 1. The van der Waals surface area contributed by atoms with Crippen molar-refractivity contribution in [2.45, 2.75) is 19.8 Å². The summed E-state index contributed by atoms with van der Waals surface area (Å²) in [6.45, 7) is 2.25. The molecule has 0 aliphatic rings. The van der Waals surface area contributed by atoms with Gasteiger partial charge in [-0.05, 0) is 37.1 Å². The third-order valence-corrected chi connectivity index (χ3v) is 2.77. The molecule has 2 N–H and O–H groups in total. The van der Waals surface area contributed by atoms with Crippen molar-refractivity contribution in [2.75, 3.05) is 6.54 Å². The molecule has 0 atom stereocenters. The largest absolute Gasteiger partial charge is 0.352 e. The standard InChI is InChI=1S/C13H15FN4O/c1-9-7-10(14)4-5-11(9)13(19)15-6-2-3-12-16-8-17-18-12/h4-5,7-8H,2-3,6H2,1H3,(H,15,19)(H,16,17,18). The number of nitrogens with one attached hydrogen (secondary N) is 2. The molecule has 0 saturated heterocycles. The Bertz CT molecular complexity index is 554. The van der Waals surface area contributed by atoms with Crippen molar-refractivity contribution in [3.8, 4) is 0 Å². The van der Waals surface area contributed by atoms with E-state index in [1.807, 2.05) is 0 Å². The molecular formula is C13H15FN4O. The first-order valence-corrected chi connectivity index (χ1v) is 6.05. The van der Waals surface area contributed by atoms with E-state index in [1.54, 1.807) is 6.92 Å². The maximum Gasteiger partial charge on any atom is 0.251 e. The van der Waals surface area contributed by atoms with E-state index in [4.69, 9.17) is 0 Å². The van der Waals surface area contributed by atoms with Crippen molar-refractivity contribution >= 4 is 5.91 Å². The number of carbonyl (C=O) groups excluding carboxylic acids is 1. The predicted octanol–water partition coefficient (Wildman–Crippen LogP) is 1.61. The maximum absolute atomic E-state index is 12.9. The van der Waals surface area contributed by atoms with Crippen LogP contribution < -0.4 is 5.32 Å². The Balaban J connectivity index is 1.81. The second-order valence-electron chi connectivity index (χ2n) is 4.25. The van der Waals surface area contributed by atoms with Gasteiger partial charge in [-0.15, -0.1) is 0 Å². The molecule has 0 saturated carbocycles. The number of benzene rings is 1. The zero-order valence-corrected chi connectivity index (χ0v) is 10.6. The van der Waals surface area contributed by atoms with E-state index in [-0.39, 0.29) is 11.7 Å². The second-order valence-corrected chi connectivity index (χ2v) is 4.25. The fraction of sp³-hybridized carbons (Fsp3) is 0.308. The van der Waals surface area contributed by atoms with Crippen LogP contribution in [0, 0.1) is 12.7 Å². The highest BCUT2D eigenvalue weighted by molar-refractivity contribution is 5.95. The van der Waals surface area contributed by atoms with Crippen molar-refractivity contribution < 1.29 is 9.18 Å². The summed E-state index contributed by atoms with van der Waals surface area (Å²) in [4.78, 5) is 15.9. The van der Waals surface area contributed by atoms with Gasteiger partial charge < -0.3 is 5.32 Å². The van der Waals surface area contributed by atoms with Gasteiger partial charge in [0, 0.05) is 18.5 Å². The Morgan fingerprint density at radius 2 is 2.32 bits per heavy atom. The molecule has 5 nitrogen and oxygen atoms in total. The minimum atomic E-state index is -0.334. The zero-order chi connectivity index (χ0) is 13.7. The smallest absolute Gasteiger partial charge is 0.251 e. The zero-order valence-electron chi connectivity index (χ0n) is 10.6. The van der Waals surface area contributed by atoms with Crippen molar-refractivity contribution in [2.24, 2.45) is 0 Å². The van der Waals surface area contributed by atoms with Crippen LogP contribution in [0.2, 0.25) is 0 Å². The van der Waals surface area contributed by atoms with Gasteiger partial charge in [0.05, 0.1) is 0 Å². The van der Waals surface area contributed by atoms with E-state index in [9.17, 15) is 9.18 Å². The Hall–Kier alpha value is -2.24. The van der Waals surface area contributed by atoms with Gasteiger partial charge in [-0.3, -0.25) is 9.89 Å². The van der Waals surface area contributed by atoms with Gasteiger partial charge in [-0.25, -0.2) is 9.37 Å². The summed E-state index contributed by atoms with van der Waals surface area (Å²) < 4.78 is 12.9. The number of halogens is 1. The number of aromatic amines is 1. The Kier molecular flexibility index (Phi) is 4.22. The lowest BCUT2D eigenvalue weighted by Gasteiger charge is -2.07. The summed E-state index contributed by atoms with van der Waals surface area (Å²) in [6.07, 6.45) is 2.94. The SMILES string of the molecule is Cc1cc(F)ccc1C(=O)NCCCc1ncn[nH]1. The molecule has 0 bridgehead atoms. The monoisotopic (exact) mass is 262 g/mol. The first-order valence-electron chi connectivity index (χ1n) is 6.05. The molecule has 0 aliphatic heterocycles. The van der Waals surface area contributed by atoms with Gasteiger partial charge in [0.15, 0.2) is 0 Å². The normalized spacial score (nSPS) is 10.4. The molecule has 1 heterocycles. The first-order chi connectivity index (χ1) is 9.16. The Labute approximate surface area is 110 Å². The summed E-state index contributed by atoms with van der Waals surface area (Å²) >= 11 is 0. The van der Waals surface area contributed by atoms with Gasteiger partial charge in [0.1, 0.15) is 18.0 Å². The number of hydrogen-bond donors (Lipinski definition) is 2. The predicted molar refractivity (Wildman–Crippen MR) is 68.2 cm³/mol. The summed E-state index contributed by atoms with van der Waals surface area (Å²) in [5, 5.41) is 9.30. The number of nitrogens with zero attached hydrogens (tertiary/aromatic N) is 2. The van der Waals surface area contributed by atoms with Crippen molar-refractivity contribution in [1.29, 1.82) is 0 Å². The van der Waals surface area contributed by atoms with E-state index in [2.05, 4.69) is 20.5 Å². The number of hydrogen-bond acceptors (Lipinski definition) is 3. The topological polar surface area (TPSA) is 70.7 Å². The summed E-state index contributed by atoms with van der Waals surface area (Å²) in [7, 11) is 0. The average molecular weight is 262 g/mol. The lowest BCUT2D eigenvalue weighted by atomic mass is 10.1. The number of amides is 1. The quantitative estimate of drug-likeness (QED) is 0.804. The van der Waals surface area contributed by atoms with E-state index in [0.717, 1.165) is 18.7 Å². The van der Waals surface area contributed by atoms with Crippen LogP contribution in [-0.2, 0) is 6.42 Å². The minimum absolute atomic E-state index is 0.185. The third kappa shape index (κ3) is 3.61. The molecule has 0 unspecified atom stereocenters. The van der Waals surface area contributed by atoms with Gasteiger partial charge in [-0.1, -0.05) is 0 Å². The molecular weight excluding hydrogens is 247 g/mol. The third-order valence-electron chi connectivity index (χ3n) is 2.77. The van der Waals surface area contributed by atoms with Crippen LogP contribution in [0.15, 0.2) is 24.5 Å².